The lowest BCUT2D eigenvalue weighted by molar-refractivity contribution is 0.319. The Balaban J connectivity index is 0.000000924. The van der Waals surface area contributed by atoms with Crippen molar-refractivity contribution in [1.82, 2.24) is 4.90 Å². The molecule has 23 heavy (non-hydrogen) atoms. The quantitative estimate of drug-likeness (QED) is 0.919. The molecule has 3 rings (SSSR count). The Morgan fingerprint density at radius 1 is 0.913 bits per heavy atom. The number of hydrogen-bond acceptors (Lipinski definition) is 2. The summed E-state index contributed by atoms with van der Waals surface area (Å²) in [6, 6.07) is 20.1. The van der Waals surface area contributed by atoms with Crippen LogP contribution in [0, 0.1) is 5.92 Å². The molecular weight excluding hydrogens is 282 g/mol. The van der Waals surface area contributed by atoms with Crippen molar-refractivity contribution in [2.75, 3.05) is 20.2 Å². The van der Waals surface area contributed by atoms with E-state index in [1.165, 1.54) is 29.8 Å². The Labute approximate surface area is 140 Å². The van der Waals surface area contributed by atoms with Gasteiger partial charge in [-0.15, -0.1) is 0 Å². The molecule has 0 radical (unpaired) electrons. The van der Waals surface area contributed by atoms with Crippen molar-refractivity contribution < 1.29 is 5.11 Å². The lowest BCUT2D eigenvalue weighted by atomic mass is 9.90. The molecule has 2 aromatic carbocycles. The van der Waals surface area contributed by atoms with Gasteiger partial charge in [0.2, 0.25) is 0 Å². The van der Waals surface area contributed by atoms with Crippen LogP contribution >= 0.6 is 0 Å². The van der Waals surface area contributed by atoms with Gasteiger partial charge in [0.05, 0.1) is 0 Å². The third-order valence-corrected chi connectivity index (χ3v) is 4.75. The molecule has 2 unspecified atom stereocenters. The molecule has 1 saturated heterocycles. The molecule has 1 N–H and O–H groups in total. The fourth-order valence-corrected chi connectivity index (χ4v) is 3.47. The minimum atomic E-state index is 0.680. The largest absolute Gasteiger partial charge is 0.400 e. The van der Waals surface area contributed by atoms with E-state index < -0.39 is 0 Å². The van der Waals surface area contributed by atoms with E-state index in [0.29, 0.717) is 5.92 Å². The van der Waals surface area contributed by atoms with Crippen LogP contribution in [0.1, 0.15) is 36.5 Å². The van der Waals surface area contributed by atoms with Gasteiger partial charge in [0.15, 0.2) is 0 Å². The van der Waals surface area contributed by atoms with Gasteiger partial charge in [0, 0.05) is 32.7 Å². The Morgan fingerprint density at radius 2 is 1.57 bits per heavy atom. The van der Waals surface area contributed by atoms with Gasteiger partial charge in [-0.2, -0.15) is 0 Å². The van der Waals surface area contributed by atoms with Crippen molar-refractivity contribution >= 4 is 0 Å². The molecule has 2 atom stereocenters. The number of aliphatic hydroxyl groups is 1. The summed E-state index contributed by atoms with van der Waals surface area (Å²) in [5.41, 5.74) is 4.37. The average molecular weight is 311 g/mol. The Kier molecular flexibility index (Phi) is 6.82. The van der Waals surface area contributed by atoms with Gasteiger partial charge in [-0.3, -0.25) is 4.90 Å². The van der Waals surface area contributed by atoms with Crippen LogP contribution in [0.2, 0.25) is 0 Å². The first kappa shape index (κ1) is 17.7. The summed E-state index contributed by atoms with van der Waals surface area (Å²) >= 11 is 0. The highest BCUT2D eigenvalue weighted by molar-refractivity contribution is 5.27. The molecule has 124 valence electrons. The zero-order valence-corrected chi connectivity index (χ0v) is 14.6. The van der Waals surface area contributed by atoms with Crippen LogP contribution in [0.25, 0.3) is 0 Å². The van der Waals surface area contributed by atoms with Crippen LogP contribution in [-0.4, -0.2) is 30.2 Å². The van der Waals surface area contributed by atoms with Crippen LogP contribution < -0.4 is 0 Å². The fourth-order valence-electron chi connectivity index (χ4n) is 3.47. The SMILES string of the molecule is CCc1ccc(C2CN(Cc3ccccc3)CC2C)cc1.CO. The Bertz CT molecular complexity index is 564. The average Bonchev–Trinajstić information content (AvgIpc) is 2.98. The Hall–Kier alpha value is -1.64. The molecule has 1 aliphatic rings. The van der Waals surface area contributed by atoms with Crippen LogP contribution in [0.5, 0.6) is 0 Å². The predicted octanol–water partition coefficient (Wildman–Crippen LogP) is 4.09. The summed E-state index contributed by atoms with van der Waals surface area (Å²) < 4.78 is 0. The summed E-state index contributed by atoms with van der Waals surface area (Å²) in [5.74, 6) is 1.42. The van der Waals surface area contributed by atoms with Gasteiger partial charge < -0.3 is 5.11 Å². The second-order valence-corrected chi connectivity index (χ2v) is 6.36. The number of aryl methyl sites for hydroxylation is 1. The van der Waals surface area contributed by atoms with Gasteiger partial charge in [-0.1, -0.05) is 68.4 Å². The number of rotatable bonds is 4. The van der Waals surface area contributed by atoms with E-state index in [4.69, 9.17) is 5.11 Å². The zero-order chi connectivity index (χ0) is 16.7. The van der Waals surface area contributed by atoms with Gasteiger partial charge in [0.1, 0.15) is 0 Å². The first-order chi connectivity index (χ1) is 11.3. The van der Waals surface area contributed by atoms with Crippen LogP contribution in [0.3, 0.4) is 0 Å². The molecule has 0 aromatic heterocycles. The van der Waals surface area contributed by atoms with Gasteiger partial charge in [0.25, 0.3) is 0 Å². The maximum atomic E-state index is 7.00. The minimum absolute atomic E-state index is 0.680. The number of benzene rings is 2. The lowest BCUT2D eigenvalue weighted by Gasteiger charge is -2.16. The summed E-state index contributed by atoms with van der Waals surface area (Å²) in [5, 5.41) is 7.00. The van der Waals surface area contributed by atoms with E-state index in [1.54, 1.807) is 0 Å². The van der Waals surface area contributed by atoms with Crippen molar-refractivity contribution in [2.45, 2.75) is 32.7 Å². The third kappa shape index (κ3) is 4.66. The van der Waals surface area contributed by atoms with E-state index in [1.807, 2.05) is 0 Å². The molecule has 0 saturated carbocycles. The number of nitrogens with zero attached hydrogens (tertiary/aromatic N) is 1. The minimum Gasteiger partial charge on any atom is -0.400 e. The number of aliphatic hydroxyl groups excluding tert-OH is 1. The maximum absolute atomic E-state index is 7.00. The first-order valence-electron chi connectivity index (χ1n) is 8.56. The van der Waals surface area contributed by atoms with E-state index in [-0.39, 0.29) is 0 Å². The molecule has 0 bridgehead atoms. The first-order valence-corrected chi connectivity index (χ1v) is 8.56. The van der Waals surface area contributed by atoms with Gasteiger partial charge in [-0.25, -0.2) is 0 Å². The van der Waals surface area contributed by atoms with Crippen LogP contribution in [-0.2, 0) is 13.0 Å². The second kappa shape index (κ2) is 8.85. The molecule has 1 heterocycles. The van der Waals surface area contributed by atoms with Crippen LogP contribution in [0.15, 0.2) is 54.6 Å². The van der Waals surface area contributed by atoms with Crippen molar-refractivity contribution in [3.05, 3.63) is 71.3 Å². The van der Waals surface area contributed by atoms with Gasteiger partial charge in [-0.05, 0) is 29.0 Å². The molecule has 2 heteroatoms. The second-order valence-electron chi connectivity index (χ2n) is 6.36. The van der Waals surface area contributed by atoms with E-state index >= 15 is 0 Å². The highest BCUT2D eigenvalue weighted by Crippen LogP contribution is 2.33. The Morgan fingerprint density at radius 3 is 2.17 bits per heavy atom. The third-order valence-electron chi connectivity index (χ3n) is 4.75. The highest BCUT2D eigenvalue weighted by Gasteiger charge is 2.30. The summed E-state index contributed by atoms with van der Waals surface area (Å²) in [4.78, 5) is 2.60. The van der Waals surface area contributed by atoms with E-state index in [0.717, 1.165) is 26.0 Å². The monoisotopic (exact) mass is 311 g/mol. The smallest absolute Gasteiger partial charge is 0.0319 e. The van der Waals surface area contributed by atoms with Gasteiger partial charge >= 0.3 is 0 Å². The van der Waals surface area contributed by atoms with E-state index in [2.05, 4.69) is 73.3 Å². The van der Waals surface area contributed by atoms with Crippen molar-refractivity contribution in [3.63, 3.8) is 0 Å². The normalized spacial score (nSPS) is 20.9. The molecule has 0 spiro atoms. The molecular formula is C21H29NO. The van der Waals surface area contributed by atoms with Crippen molar-refractivity contribution in [2.24, 2.45) is 5.92 Å². The predicted molar refractivity (Wildman–Crippen MR) is 97.6 cm³/mol. The summed E-state index contributed by atoms with van der Waals surface area (Å²) in [6.07, 6.45) is 1.13. The molecule has 1 aliphatic heterocycles. The summed E-state index contributed by atoms with van der Waals surface area (Å²) in [6.45, 7) is 8.07. The summed E-state index contributed by atoms with van der Waals surface area (Å²) in [7, 11) is 1.00. The topological polar surface area (TPSA) is 23.5 Å². The van der Waals surface area contributed by atoms with Crippen molar-refractivity contribution in [1.29, 1.82) is 0 Å². The zero-order valence-electron chi connectivity index (χ0n) is 14.6. The molecule has 1 fully saturated rings. The fraction of sp³-hybridized carbons (Fsp3) is 0.429. The molecule has 2 nitrogen and oxygen atoms in total. The van der Waals surface area contributed by atoms with Crippen molar-refractivity contribution in [3.8, 4) is 0 Å². The maximum Gasteiger partial charge on any atom is 0.0319 e. The molecule has 2 aromatic rings. The number of likely N-dealkylation sites (tertiary alicyclic amines) is 1. The highest BCUT2D eigenvalue weighted by atomic mass is 16.2. The molecule has 0 aliphatic carbocycles. The van der Waals surface area contributed by atoms with E-state index in [9.17, 15) is 0 Å². The standard InChI is InChI=1S/C20H25N.CH4O/c1-3-17-9-11-19(12-10-17)20-15-21(13-16(20)2)14-18-7-5-4-6-8-18;1-2/h4-12,16,20H,3,13-15H2,1-2H3;2H,1H3. The lowest BCUT2D eigenvalue weighted by Crippen LogP contribution is -2.20. The number of hydrogen-bond donors (Lipinski definition) is 1. The van der Waals surface area contributed by atoms with Crippen LogP contribution in [0.4, 0.5) is 0 Å². The molecule has 0 amide bonds.